The first-order chi connectivity index (χ1) is 13.6. The summed E-state index contributed by atoms with van der Waals surface area (Å²) >= 11 is 0. The van der Waals surface area contributed by atoms with Crippen LogP contribution in [0.1, 0.15) is 68.3 Å². The van der Waals surface area contributed by atoms with Crippen molar-refractivity contribution in [2.45, 2.75) is 58.0 Å². The Morgan fingerprint density at radius 3 is 2.79 bits per heavy atom. The summed E-state index contributed by atoms with van der Waals surface area (Å²) in [6.45, 7) is 4.23. The van der Waals surface area contributed by atoms with E-state index in [0.717, 1.165) is 49.8 Å². The van der Waals surface area contributed by atoms with Gasteiger partial charge in [-0.05, 0) is 37.8 Å². The normalized spacial score (nSPS) is 38.6. The number of carbonyl (C=O) groups is 2. The molecule has 0 bridgehead atoms. The maximum atomic E-state index is 13.3. The van der Waals surface area contributed by atoms with Gasteiger partial charge in [0.2, 0.25) is 0 Å². The number of hydrogen-bond acceptors (Lipinski definition) is 4. The zero-order valence-electron chi connectivity index (χ0n) is 16.5. The summed E-state index contributed by atoms with van der Waals surface area (Å²) in [5.74, 6) is 0.175. The van der Waals surface area contributed by atoms with E-state index < -0.39 is 16.4 Å². The van der Waals surface area contributed by atoms with Gasteiger partial charge in [0.25, 0.3) is 0 Å². The van der Waals surface area contributed by atoms with Gasteiger partial charge >= 0.3 is 11.9 Å². The molecule has 0 unspecified atom stereocenters. The lowest BCUT2D eigenvalue weighted by Gasteiger charge is -2.68. The van der Waals surface area contributed by atoms with Crippen LogP contribution in [0, 0.1) is 16.7 Å². The molecule has 146 valence electrons. The number of hydrogen-bond donors (Lipinski definition) is 0. The molecule has 4 heteroatoms. The summed E-state index contributed by atoms with van der Waals surface area (Å²) in [5, 5.41) is 0. The Morgan fingerprint density at radius 2 is 2.00 bits per heavy atom. The van der Waals surface area contributed by atoms with Crippen LogP contribution in [-0.2, 0) is 19.9 Å². The SMILES string of the molecule is CCCC=C1OC(=O)[C@@]23C=CCC[C@@]12[C@@]1(OC(=O)c2ccccc21)[C@H]3CCC. The standard InChI is InChI=1S/C24H26O4/c1-3-5-13-19-23-15-9-8-14-22(23,21(26)27-19)18(10-4-2)24(23)17-12-7-6-11-16(17)20(25)28-24/h6-8,11-14,18H,3-5,9-10,15H2,1-2H3/t18-,22-,23+,24-/m0/s1. The van der Waals surface area contributed by atoms with E-state index in [0.29, 0.717) is 5.56 Å². The minimum Gasteiger partial charge on any atom is -0.449 e. The van der Waals surface area contributed by atoms with Gasteiger partial charge in [-0.25, -0.2) is 4.79 Å². The van der Waals surface area contributed by atoms with Crippen molar-refractivity contribution in [1.29, 1.82) is 0 Å². The number of allylic oxidation sites excluding steroid dienone is 2. The number of ether oxygens (including phenoxy) is 2. The molecule has 1 saturated heterocycles. The molecule has 0 N–H and O–H groups in total. The number of fused-ring (bicyclic) bond motifs is 2. The van der Waals surface area contributed by atoms with Crippen LogP contribution in [0.4, 0.5) is 0 Å². The molecular formula is C24H26O4. The van der Waals surface area contributed by atoms with Crippen LogP contribution < -0.4 is 0 Å². The molecule has 0 amide bonds. The minimum absolute atomic E-state index is 0.103. The zero-order chi connectivity index (χ0) is 19.6. The summed E-state index contributed by atoms with van der Waals surface area (Å²) in [6.07, 6.45) is 11.4. The van der Waals surface area contributed by atoms with Crippen LogP contribution in [-0.4, -0.2) is 11.9 Å². The molecule has 5 rings (SSSR count). The van der Waals surface area contributed by atoms with Crippen molar-refractivity contribution < 1.29 is 19.1 Å². The number of rotatable bonds is 4. The number of cyclic esters (lactones) is 1. The minimum atomic E-state index is -0.812. The highest BCUT2D eigenvalue weighted by Gasteiger charge is 2.90. The Morgan fingerprint density at radius 1 is 1.18 bits per heavy atom. The second-order valence-corrected chi connectivity index (χ2v) is 8.47. The summed E-state index contributed by atoms with van der Waals surface area (Å²) in [6, 6.07) is 7.70. The third-order valence-electron chi connectivity index (χ3n) is 7.40. The molecular weight excluding hydrogens is 352 g/mol. The van der Waals surface area contributed by atoms with Gasteiger partial charge in [0, 0.05) is 11.5 Å². The number of benzene rings is 1. The topological polar surface area (TPSA) is 52.6 Å². The first-order valence-corrected chi connectivity index (χ1v) is 10.5. The number of carbonyl (C=O) groups excluding carboxylic acids is 2. The van der Waals surface area contributed by atoms with E-state index in [1.807, 2.05) is 24.3 Å². The van der Waals surface area contributed by atoms with E-state index in [1.54, 1.807) is 0 Å². The molecule has 1 aromatic rings. The van der Waals surface area contributed by atoms with Gasteiger partial charge in [-0.3, -0.25) is 4.79 Å². The highest BCUT2D eigenvalue weighted by Crippen LogP contribution is 2.83. The molecule has 4 atom stereocenters. The van der Waals surface area contributed by atoms with Crippen LogP contribution >= 0.6 is 0 Å². The molecule has 1 spiro atoms. The summed E-state index contributed by atoms with van der Waals surface area (Å²) in [5.41, 5.74) is -0.588. The molecule has 0 aromatic heterocycles. The Kier molecular flexibility index (Phi) is 3.68. The summed E-state index contributed by atoms with van der Waals surface area (Å²) < 4.78 is 12.3. The van der Waals surface area contributed by atoms with Gasteiger partial charge in [-0.2, -0.15) is 0 Å². The fourth-order valence-electron chi connectivity index (χ4n) is 6.56. The van der Waals surface area contributed by atoms with E-state index in [4.69, 9.17) is 9.47 Å². The average molecular weight is 378 g/mol. The molecule has 1 aromatic carbocycles. The van der Waals surface area contributed by atoms with Gasteiger partial charge < -0.3 is 9.47 Å². The second-order valence-electron chi connectivity index (χ2n) is 8.47. The first kappa shape index (κ1) is 17.7. The molecule has 4 nitrogen and oxygen atoms in total. The summed E-state index contributed by atoms with van der Waals surface area (Å²) in [4.78, 5) is 26.2. The van der Waals surface area contributed by atoms with Gasteiger partial charge in [-0.15, -0.1) is 0 Å². The third-order valence-corrected chi connectivity index (χ3v) is 7.40. The fraction of sp³-hybridized carbons (Fsp3) is 0.500. The smallest absolute Gasteiger partial charge is 0.339 e. The predicted octanol–water partition coefficient (Wildman–Crippen LogP) is 5.05. The fourth-order valence-corrected chi connectivity index (χ4v) is 6.56. The van der Waals surface area contributed by atoms with Crippen molar-refractivity contribution in [2.24, 2.45) is 16.7 Å². The highest BCUT2D eigenvalue weighted by molar-refractivity contribution is 5.98. The van der Waals surface area contributed by atoms with Gasteiger partial charge in [0.05, 0.1) is 11.0 Å². The largest absolute Gasteiger partial charge is 0.449 e. The molecule has 2 aliphatic heterocycles. The Bertz CT molecular complexity index is 928. The first-order valence-electron chi connectivity index (χ1n) is 10.5. The van der Waals surface area contributed by atoms with Crippen LogP contribution in [0.15, 0.2) is 48.3 Å². The molecule has 2 aliphatic carbocycles. The van der Waals surface area contributed by atoms with Gasteiger partial charge in [-0.1, -0.05) is 57.0 Å². The van der Waals surface area contributed by atoms with E-state index >= 15 is 0 Å². The Balaban J connectivity index is 1.82. The van der Waals surface area contributed by atoms with Crippen LogP contribution in [0.3, 0.4) is 0 Å². The maximum Gasteiger partial charge on any atom is 0.339 e. The van der Waals surface area contributed by atoms with E-state index in [-0.39, 0.29) is 17.9 Å². The van der Waals surface area contributed by atoms with Crippen molar-refractivity contribution in [3.05, 3.63) is 59.4 Å². The van der Waals surface area contributed by atoms with E-state index in [1.165, 1.54) is 0 Å². The van der Waals surface area contributed by atoms with Crippen LogP contribution in [0.25, 0.3) is 0 Å². The highest BCUT2D eigenvalue weighted by atomic mass is 16.6. The molecule has 2 fully saturated rings. The van der Waals surface area contributed by atoms with Crippen LogP contribution in [0.2, 0.25) is 0 Å². The lowest BCUT2D eigenvalue weighted by Crippen LogP contribution is -2.75. The number of esters is 2. The van der Waals surface area contributed by atoms with Crippen molar-refractivity contribution >= 4 is 11.9 Å². The van der Waals surface area contributed by atoms with Crippen molar-refractivity contribution in [3.8, 4) is 0 Å². The lowest BCUT2D eigenvalue weighted by atomic mass is 9.32. The Hall–Kier alpha value is -2.36. The van der Waals surface area contributed by atoms with Crippen molar-refractivity contribution in [2.75, 3.05) is 0 Å². The van der Waals surface area contributed by atoms with Gasteiger partial charge in [0.1, 0.15) is 11.2 Å². The van der Waals surface area contributed by atoms with Crippen molar-refractivity contribution in [3.63, 3.8) is 0 Å². The van der Waals surface area contributed by atoms with Crippen LogP contribution in [0.5, 0.6) is 0 Å². The second kappa shape index (κ2) is 5.82. The third kappa shape index (κ3) is 1.65. The molecule has 0 radical (unpaired) electrons. The maximum absolute atomic E-state index is 13.3. The zero-order valence-corrected chi connectivity index (χ0v) is 16.5. The predicted molar refractivity (Wildman–Crippen MR) is 104 cm³/mol. The molecule has 1 saturated carbocycles. The Labute approximate surface area is 165 Å². The molecule has 4 aliphatic rings. The molecule has 28 heavy (non-hydrogen) atoms. The summed E-state index contributed by atoms with van der Waals surface area (Å²) in [7, 11) is 0. The average Bonchev–Trinajstić information content (AvgIpc) is 3.15. The monoisotopic (exact) mass is 378 g/mol. The van der Waals surface area contributed by atoms with Gasteiger partial charge in [0.15, 0.2) is 5.60 Å². The quantitative estimate of drug-likeness (QED) is 0.544. The van der Waals surface area contributed by atoms with E-state index in [2.05, 4.69) is 32.1 Å². The lowest BCUT2D eigenvalue weighted by molar-refractivity contribution is -0.270. The van der Waals surface area contributed by atoms with Crippen molar-refractivity contribution in [1.82, 2.24) is 0 Å². The molecule has 2 heterocycles. The van der Waals surface area contributed by atoms with E-state index in [9.17, 15) is 9.59 Å². The number of unbranched alkanes of at least 4 members (excludes halogenated alkanes) is 1.